The average molecular weight is 388 g/mol. The number of halogens is 1. The van der Waals surface area contributed by atoms with Gasteiger partial charge in [0.25, 0.3) is 0 Å². The van der Waals surface area contributed by atoms with E-state index < -0.39 is 6.04 Å². The molecule has 3 aromatic heterocycles. The summed E-state index contributed by atoms with van der Waals surface area (Å²) < 4.78 is 21.1. The first kappa shape index (κ1) is 17.7. The second-order valence-corrected chi connectivity index (χ2v) is 7.03. The molecule has 27 heavy (non-hydrogen) atoms. The highest BCUT2D eigenvalue weighted by atomic mass is 32.1. The van der Waals surface area contributed by atoms with E-state index in [0.717, 1.165) is 0 Å². The van der Waals surface area contributed by atoms with Crippen LogP contribution in [0.1, 0.15) is 16.5 Å². The highest BCUT2D eigenvalue weighted by Crippen LogP contribution is 2.40. The lowest BCUT2D eigenvalue weighted by atomic mass is 10.0. The van der Waals surface area contributed by atoms with Crippen LogP contribution in [0, 0.1) is 5.82 Å². The quantitative estimate of drug-likeness (QED) is 0.528. The zero-order valence-electron chi connectivity index (χ0n) is 14.4. The zero-order valence-corrected chi connectivity index (χ0v) is 15.2. The van der Waals surface area contributed by atoms with E-state index in [1.807, 2.05) is 0 Å². The second kappa shape index (κ2) is 7.10. The van der Waals surface area contributed by atoms with E-state index >= 15 is 0 Å². The van der Waals surface area contributed by atoms with E-state index in [-0.39, 0.29) is 18.3 Å². The summed E-state index contributed by atoms with van der Waals surface area (Å²) in [7, 11) is 1.76. The van der Waals surface area contributed by atoms with Crippen LogP contribution in [0.5, 0.6) is 5.88 Å². The number of aromatic nitrogens is 3. The van der Waals surface area contributed by atoms with Crippen LogP contribution in [0.2, 0.25) is 0 Å². The van der Waals surface area contributed by atoms with E-state index in [1.165, 1.54) is 28.2 Å². The van der Waals surface area contributed by atoms with Crippen LogP contribution in [0.15, 0.2) is 47.1 Å². The normalized spacial score (nSPS) is 12.9. The van der Waals surface area contributed by atoms with Gasteiger partial charge in [-0.2, -0.15) is 9.50 Å². The molecule has 0 saturated carbocycles. The Morgan fingerprint density at radius 1 is 1.30 bits per heavy atom. The summed E-state index contributed by atoms with van der Waals surface area (Å²) in [6, 6.07) is 9.26. The fraction of sp³-hybridized carbons (Fsp3) is 0.222. The first-order chi connectivity index (χ1) is 13.1. The van der Waals surface area contributed by atoms with Crippen molar-refractivity contribution in [2.24, 2.45) is 0 Å². The van der Waals surface area contributed by atoms with E-state index in [1.54, 1.807) is 42.3 Å². The van der Waals surface area contributed by atoms with E-state index in [9.17, 15) is 14.6 Å². The molecule has 0 saturated heterocycles. The smallest absolute Gasteiger partial charge is 0.230 e. The van der Waals surface area contributed by atoms with Crippen molar-refractivity contribution in [3.63, 3.8) is 0 Å². The predicted octanol–water partition coefficient (Wildman–Crippen LogP) is 2.91. The number of aliphatic hydroxyl groups is 1. The van der Waals surface area contributed by atoms with Crippen molar-refractivity contribution in [2.45, 2.75) is 6.04 Å². The van der Waals surface area contributed by atoms with Gasteiger partial charge in [-0.1, -0.05) is 29.5 Å². The molecule has 0 amide bonds. The van der Waals surface area contributed by atoms with Crippen molar-refractivity contribution < 1.29 is 19.0 Å². The van der Waals surface area contributed by atoms with Crippen LogP contribution in [0.4, 0.5) is 4.39 Å². The monoisotopic (exact) mass is 388 g/mol. The molecule has 0 aliphatic rings. The lowest BCUT2D eigenvalue weighted by Crippen LogP contribution is -2.28. The Morgan fingerprint density at radius 3 is 2.78 bits per heavy atom. The largest absolute Gasteiger partial charge is 0.492 e. The molecule has 1 unspecified atom stereocenters. The third-order valence-electron chi connectivity index (χ3n) is 4.28. The molecule has 0 bridgehead atoms. The van der Waals surface area contributed by atoms with Crippen molar-refractivity contribution in [3.05, 3.63) is 58.9 Å². The molecular formula is C18H17FN4O3S. The standard InChI is InChI=1S/C18H17FN4O3S/c1-22(8-9-24)14(11-5-2-3-6-12(11)19)15-17(25)23-18(27-15)20-16(21-23)13-7-4-10-26-13/h2-7,10,14,24-25H,8-9H2,1H3. The lowest BCUT2D eigenvalue weighted by Gasteiger charge is -2.27. The van der Waals surface area contributed by atoms with Gasteiger partial charge >= 0.3 is 0 Å². The highest BCUT2D eigenvalue weighted by molar-refractivity contribution is 7.17. The summed E-state index contributed by atoms with van der Waals surface area (Å²) in [5.74, 6) is 0.356. The van der Waals surface area contributed by atoms with Gasteiger partial charge in [0.1, 0.15) is 5.82 Å². The first-order valence-electron chi connectivity index (χ1n) is 8.28. The Morgan fingerprint density at radius 2 is 2.11 bits per heavy atom. The van der Waals surface area contributed by atoms with E-state index in [2.05, 4.69) is 10.1 Å². The number of hydrogen-bond donors (Lipinski definition) is 2. The summed E-state index contributed by atoms with van der Waals surface area (Å²) >= 11 is 1.22. The van der Waals surface area contributed by atoms with E-state index in [4.69, 9.17) is 4.42 Å². The van der Waals surface area contributed by atoms with Gasteiger partial charge in [0.15, 0.2) is 5.76 Å². The van der Waals surface area contributed by atoms with E-state index in [0.29, 0.717) is 33.5 Å². The number of hydrogen-bond acceptors (Lipinski definition) is 7. The minimum absolute atomic E-state index is 0.0917. The van der Waals surface area contributed by atoms with Crippen LogP contribution < -0.4 is 0 Å². The van der Waals surface area contributed by atoms with Gasteiger partial charge in [-0.05, 0) is 25.2 Å². The zero-order chi connectivity index (χ0) is 19.0. The molecule has 2 N–H and O–H groups in total. The van der Waals surface area contributed by atoms with Crippen LogP contribution in [0.25, 0.3) is 16.5 Å². The Kier molecular flexibility index (Phi) is 4.65. The number of nitrogens with zero attached hydrogens (tertiary/aromatic N) is 4. The molecule has 4 aromatic rings. The maximum atomic E-state index is 14.5. The van der Waals surface area contributed by atoms with Crippen molar-refractivity contribution in [2.75, 3.05) is 20.2 Å². The summed E-state index contributed by atoms with van der Waals surface area (Å²) in [5.41, 5.74) is 0.402. The summed E-state index contributed by atoms with van der Waals surface area (Å²) in [5, 5.41) is 24.4. The lowest BCUT2D eigenvalue weighted by molar-refractivity contribution is 0.194. The molecule has 4 rings (SSSR count). The van der Waals surface area contributed by atoms with Gasteiger partial charge in [0, 0.05) is 12.1 Å². The number of benzene rings is 1. The molecule has 0 aliphatic heterocycles. The van der Waals surface area contributed by atoms with Crippen molar-refractivity contribution in [1.82, 2.24) is 19.5 Å². The number of thiazole rings is 1. The van der Waals surface area contributed by atoms with Crippen LogP contribution in [-0.4, -0.2) is 49.9 Å². The van der Waals surface area contributed by atoms with Crippen molar-refractivity contribution >= 4 is 16.3 Å². The number of rotatable bonds is 6. The maximum Gasteiger partial charge on any atom is 0.230 e. The highest BCUT2D eigenvalue weighted by Gasteiger charge is 2.29. The molecule has 0 spiro atoms. The summed E-state index contributed by atoms with van der Waals surface area (Å²) in [4.78, 5) is 7.13. The van der Waals surface area contributed by atoms with Gasteiger partial charge in [0.2, 0.25) is 16.7 Å². The van der Waals surface area contributed by atoms with Crippen molar-refractivity contribution in [1.29, 1.82) is 0 Å². The average Bonchev–Trinajstić information content (AvgIpc) is 3.36. The van der Waals surface area contributed by atoms with Gasteiger partial charge in [-0.15, -0.1) is 5.10 Å². The fourth-order valence-electron chi connectivity index (χ4n) is 3.00. The first-order valence-corrected chi connectivity index (χ1v) is 9.09. The third-order valence-corrected chi connectivity index (χ3v) is 5.36. The summed E-state index contributed by atoms with van der Waals surface area (Å²) in [6.45, 7) is 0.218. The van der Waals surface area contributed by atoms with Crippen molar-refractivity contribution in [3.8, 4) is 17.5 Å². The SMILES string of the molecule is CN(CCO)C(c1ccccc1F)c1sc2nc(-c3ccco3)nn2c1O. The Hall–Kier alpha value is -2.75. The summed E-state index contributed by atoms with van der Waals surface area (Å²) in [6.07, 6.45) is 1.52. The molecule has 0 aliphatic carbocycles. The minimum atomic E-state index is -0.584. The molecular weight excluding hydrogens is 371 g/mol. The predicted molar refractivity (Wildman–Crippen MR) is 98.2 cm³/mol. The second-order valence-electron chi connectivity index (χ2n) is 6.03. The molecule has 1 atom stereocenters. The Balaban J connectivity index is 1.82. The van der Waals surface area contributed by atoms with Gasteiger partial charge < -0.3 is 14.6 Å². The number of furan rings is 1. The number of likely N-dealkylation sites (N-methyl/N-ethyl adjacent to an activating group) is 1. The maximum absolute atomic E-state index is 14.5. The molecule has 140 valence electrons. The van der Waals surface area contributed by atoms with Gasteiger partial charge in [-0.25, -0.2) is 4.39 Å². The van der Waals surface area contributed by atoms with Crippen LogP contribution in [0.3, 0.4) is 0 Å². The fourth-order valence-corrected chi connectivity index (χ4v) is 4.14. The molecule has 9 heteroatoms. The Bertz CT molecular complexity index is 1060. The minimum Gasteiger partial charge on any atom is -0.492 e. The van der Waals surface area contributed by atoms with Crippen LogP contribution in [-0.2, 0) is 0 Å². The van der Waals surface area contributed by atoms with Gasteiger partial charge in [-0.3, -0.25) is 4.90 Å². The number of aromatic hydroxyl groups is 1. The molecule has 7 nitrogen and oxygen atoms in total. The molecule has 0 fully saturated rings. The topological polar surface area (TPSA) is 87.0 Å². The van der Waals surface area contributed by atoms with Gasteiger partial charge in [0.05, 0.1) is 23.8 Å². The molecule has 3 heterocycles. The number of aliphatic hydroxyl groups excluding tert-OH is 1. The molecule has 1 aromatic carbocycles. The molecule has 0 radical (unpaired) electrons. The Labute approximate surface area is 157 Å². The third kappa shape index (κ3) is 3.09. The van der Waals surface area contributed by atoms with Crippen LogP contribution >= 0.6 is 11.3 Å². The number of fused-ring (bicyclic) bond motifs is 1.